The van der Waals surface area contributed by atoms with Gasteiger partial charge < -0.3 is 4.57 Å². The maximum atomic E-state index is 2.42. The van der Waals surface area contributed by atoms with E-state index in [4.69, 9.17) is 0 Å². The first-order valence-corrected chi connectivity index (χ1v) is 12.7. The molecule has 0 saturated carbocycles. The molecule has 0 amide bonds. The summed E-state index contributed by atoms with van der Waals surface area (Å²) in [5.41, 5.74) is 5.91. The summed E-state index contributed by atoms with van der Waals surface area (Å²) >= 11 is 0. The van der Waals surface area contributed by atoms with Gasteiger partial charge in [-0.3, -0.25) is 0 Å². The number of benzene rings is 6. The zero-order valence-electron chi connectivity index (χ0n) is 20.4. The lowest BCUT2D eigenvalue weighted by Gasteiger charge is -2.14. The highest BCUT2D eigenvalue weighted by molar-refractivity contribution is 6.19. The minimum absolute atomic E-state index is 1.14. The van der Waals surface area contributed by atoms with Crippen LogP contribution in [0.25, 0.3) is 60.2 Å². The molecule has 1 heteroatoms. The van der Waals surface area contributed by atoms with E-state index in [0.717, 1.165) is 5.69 Å². The van der Waals surface area contributed by atoms with Crippen LogP contribution in [0.5, 0.6) is 0 Å². The molecule has 0 N–H and O–H groups in total. The predicted octanol–water partition coefficient (Wildman–Crippen LogP) is 9.88. The van der Waals surface area contributed by atoms with Crippen LogP contribution in [-0.4, -0.2) is 4.57 Å². The fraction of sp³-hybridized carbons (Fsp3) is 0. The summed E-state index contributed by atoms with van der Waals surface area (Å²) < 4.78 is 2.42. The van der Waals surface area contributed by atoms with E-state index in [2.05, 4.69) is 156 Å². The average Bonchev–Trinajstić information content (AvgIpc) is 3.02. The van der Waals surface area contributed by atoms with E-state index in [1.807, 2.05) is 0 Å². The Morgan fingerprint density at radius 1 is 0.270 bits per heavy atom. The normalized spacial score (nSPS) is 11.2. The van der Waals surface area contributed by atoms with Gasteiger partial charge in [0.2, 0.25) is 0 Å². The minimum Gasteiger partial charge on any atom is -0.309 e. The van der Waals surface area contributed by atoms with Crippen molar-refractivity contribution in [2.45, 2.75) is 0 Å². The molecule has 37 heavy (non-hydrogen) atoms. The van der Waals surface area contributed by atoms with Crippen LogP contribution in [0.4, 0.5) is 0 Å². The first-order valence-electron chi connectivity index (χ1n) is 12.7. The number of hydrogen-bond donors (Lipinski definition) is 0. The molecule has 0 spiro atoms. The summed E-state index contributed by atoms with van der Waals surface area (Å²) in [5, 5.41) is 7.42. The first kappa shape index (κ1) is 21.4. The van der Waals surface area contributed by atoms with Gasteiger partial charge in [0.05, 0.1) is 11.0 Å². The molecule has 1 heterocycles. The third-order valence-corrected chi connectivity index (χ3v) is 7.25. The molecule has 0 saturated heterocycles. The zero-order chi connectivity index (χ0) is 24.6. The van der Waals surface area contributed by atoms with Crippen molar-refractivity contribution in [3.8, 4) is 16.8 Å². The number of nitrogens with zero attached hydrogens (tertiary/aromatic N) is 1. The Hall–Kier alpha value is -4.88. The van der Waals surface area contributed by atoms with Crippen molar-refractivity contribution in [1.82, 2.24) is 4.57 Å². The molecule has 0 unspecified atom stereocenters. The largest absolute Gasteiger partial charge is 0.309 e. The number of hydrogen-bond acceptors (Lipinski definition) is 0. The molecule has 0 bridgehead atoms. The Bertz CT molecular complexity index is 1860. The lowest BCUT2D eigenvalue weighted by atomic mass is 10.0. The van der Waals surface area contributed by atoms with Gasteiger partial charge in [0.1, 0.15) is 0 Å². The van der Waals surface area contributed by atoms with E-state index in [0.29, 0.717) is 0 Å². The quantitative estimate of drug-likeness (QED) is 0.236. The van der Waals surface area contributed by atoms with Crippen LogP contribution in [-0.2, 0) is 0 Å². The van der Waals surface area contributed by atoms with Crippen molar-refractivity contribution >= 4 is 43.4 Å². The Kier molecular flexibility index (Phi) is 5.19. The van der Waals surface area contributed by atoms with E-state index < -0.39 is 0 Å². The predicted molar refractivity (Wildman–Crippen MR) is 159 cm³/mol. The second-order valence-corrected chi connectivity index (χ2v) is 9.37. The van der Waals surface area contributed by atoms with Gasteiger partial charge in [0.15, 0.2) is 0 Å². The minimum atomic E-state index is 1.14. The molecule has 0 aliphatic carbocycles. The van der Waals surface area contributed by atoms with Gasteiger partial charge in [-0.15, -0.1) is 0 Å². The molecule has 6 aromatic carbocycles. The van der Waals surface area contributed by atoms with Crippen LogP contribution in [0, 0.1) is 0 Å². The lowest BCUT2D eigenvalue weighted by molar-refractivity contribution is 1.17. The van der Waals surface area contributed by atoms with Gasteiger partial charge in [-0.25, -0.2) is 0 Å². The molecule has 0 aliphatic rings. The second-order valence-electron chi connectivity index (χ2n) is 9.37. The first-order chi connectivity index (χ1) is 18.4. The Morgan fingerprint density at radius 3 is 1.11 bits per heavy atom. The monoisotopic (exact) mass is 471 g/mol. The number of fused-ring (bicyclic) bond motifs is 7. The summed E-state index contributed by atoms with van der Waals surface area (Å²) in [6.45, 7) is 0. The Labute approximate surface area is 216 Å². The molecule has 1 nitrogen and oxygen atoms in total. The number of para-hydroxylation sites is 2. The van der Waals surface area contributed by atoms with Gasteiger partial charge in [-0.2, -0.15) is 0 Å². The van der Waals surface area contributed by atoms with Gasteiger partial charge in [0.25, 0.3) is 0 Å². The van der Waals surface area contributed by atoms with E-state index in [9.17, 15) is 0 Å². The number of rotatable bonds is 2. The van der Waals surface area contributed by atoms with Gasteiger partial charge in [-0.1, -0.05) is 127 Å². The van der Waals surface area contributed by atoms with E-state index in [1.165, 1.54) is 54.5 Å². The van der Waals surface area contributed by atoms with Crippen LogP contribution >= 0.6 is 0 Å². The van der Waals surface area contributed by atoms with Crippen LogP contribution in [0.15, 0.2) is 152 Å². The zero-order valence-corrected chi connectivity index (χ0v) is 20.4. The highest BCUT2D eigenvalue weighted by atomic mass is 15.0. The van der Waals surface area contributed by atoms with Crippen molar-refractivity contribution in [2.24, 2.45) is 0 Å². The van der Waals surface area contributed by atoms with Crippen molar-refractivity contribution < 1.29 is 0 Å². The third-order valence-electron chi connectivity index (χ3n) is 7.25. The van der Waals surface area contributed by atoms with E-state index >= 15 is 0 Å². The van der Waals surface area contributed by atoms with Crippen molar-refractivity contribution in [1.29, 1.82) is 0 Å². The summed E-state index contributed by atoms with van der Waals surface area (Å²) in [6.07, 6.45) is 0. The molecule has 174 valence electrons. The highest BCUT2D eigenvalue weighted by Crippen LogP contribution is 2.34. The summed E-state index contributed by atoms with van der Waals surface area (Å²) in [7, 11) is 0. The van der Waals surface area contributed by atoms with Crippen molar-refractivity contribution in [3.05, 3.63) is 152 Å². The summed E-state index contributed by atoms with van der Waals surface area (Å²) in [6, 6.07) is 54.6. The van der Waals surface area contributed by atoms with Crippen LogP contribution in [0.1, 0.15) is 0 Å². The molecular formula is C36H25N. The van der Waals surface area contributed by atoms with Crippen molar-refractivity contribution in [2.75, 3.05) is 0 Å². The average molecular weight is 472 g/mol. The van der Waals surface area contributed by atoms with Crippen LogP contribution < -0.4 is 0 Å². The van der Waals surface area contributed by atoms with Gasteiger partial charge in [0, 0.05) is 16.5 Å². The number of aromatic nitrogens is 1. The van der Waals surface area contributed by atoms with Crippen LogP contribution in [0.3, 0.4) is 0 Å². The van der Waals surface area contributed by atoms with Crippen LogP contribution in [0.2, 0.25) is 0 Å². The topological polar surface area (TPSA) is 4.93 Å². The molecule has 7 aromatic rings. The standard InChI is InChI=1S/C36H25N/c1-2-12-26(13-3-1)27-22-24-28(25-23-27)37-35-20-10-8-18-33(35)31-16-6-4-14-29(31)30-15-5-7-17-32(30)34-19-9-11-21-36(34)37/h1-25H. The Morgan fingerprint density at radius 2 is 0.622 bits per heavy atom. The van der Waals surface area contributed by atoms with Gasteiger partial charge >= 0.3 is 0 Å². The SMILES string of the molecule is c1ccc(-c2ccc(-n3c4ccccc4c4ccccc4c4ccccc4c4ccccc43)cc2)cc1. The maximum absolute atomic E-state index is 2.42. The second kappa shape index (κ2) is 8.96. The lowest BCUT2D eigenvalue weighted by Crippen LogP contribution is -1.97. The molecule has 0 radical (unpaired) electrons. The molecule has 1 aromatic heterocycles. The van der Waals surface area contributed by atoms with Gasteiger partial charge in [-0.05, 0) is 56.9 Å². The fourth-order valence-corrected chi connectivity index (χ4v) is 5.54. The third kappa shape index (κ3) is 3.64. The molecule has 0 atom stereocenters. The van der Waals surface area contributed by atoms with Crippen molar-refractivity contribution in [3.63, 3.8) is 0 Å². The van der Waals surface area contributed by atoms with E-state index in [1.54, 1.807) is 0 Å². The maximum Gasteiger partial charge on any atom is 0.0540 e. The fourth-order valence-electron chi connectivity index (χ4n) is 5.54. The molecule has 0 aliphatic heterocycles. The molecule has 7 rings (SSSR count). The summed E-state index contributed by atoms with van der Waals surface area (Å²) in [4.78, 5) is 0. The van der Waals surface area contributed by atoms with E-state index in [-0.39, 0.29) is 0 Å². The summed E-state index contributed by atoms with van der Waals surface area (Å²) in [5.74, 6) is 0. The highest BCUT2D eigenvalue weighted by Gasteiger charge is 2.10. The smallest absolute Gasteiger partial charge is 0.0540 e. The Balaban J connectivity index is 1.71. The molecule has 0 fully saturated rings. The molecular weight excluding hydrogens is 446 g/mol.